The second-order valence-corrected chi connectivity index (χ2v) is 4.00. The van der Waals surface area contributed by atoms with Gasteiger partial charge in [0.05, 0.1) is 18.4 Å². The summed E-state index contributed by atoms with van der Waals surface area (Å²) in [6.45, 7) is 2.93. The molecule has 3 aromatic rings. The topological polar surface area (TPSA) is 35.1 Å². The van der Waals surface area contributed by atoms with Crippen molar-refractivity contribution in [3.63, 3.8) is 0 Å². The lowest BCUT2D eigenvalue weighted by Gasteiger charge is -2.06. The van der Waals surface area contributed by atoms with Gasteiger partial charge in [-0.3, -0.25) is 0 Å². The minimum Gasteiger partial charge on any atom is -0.329 e. The largest absolute Gasteiger partial charge is 0.329 e. The minimum atomic E-state index is 0.814. The van der Waals surface area contributed by atoms with Crippen LogP contribution in [0.25, 0.3) is 5.65 Å². The molecule has 0 N–H and O–H groups in total. The van der Waals surface area contributed by atoms with Gasteiger partial charge in [0, 0.05) is 25.0 Å². The average molecular weight is 226 g/mol. The van der Waals surface area contributed by atoms with Crippen LogP contribution in [0.3, 0.4) is 0 Å². The highest BCUT2D eigenvalue weighted by molar-refractivity contribution is 5.39. The molecule has 0 spiro atoms. The molecule has 0 bridgehead atoms. The Labute approximate surface area is 99.6 Å². The Morgan fingerprint density at radius 1 is 1.18 bits per heavy atom. The number of rotatable bonds is 3. The van der Waals surface area contributed by atoms with Gasteiger partial charge >= 0.3 is 0 Å². The first-order valence-electron chi connectivity index (χ1n) is 5.79. The molecule has 0 saturated heterocycles. The summed E-state index contributed by atoms with van der Waals surface area (Å²) in [5.41, 5.74) is 2.16. The van der Waals surface area contributed by atoms with Crippen LogP contribution in [0.2, 0.25) is 0 Å². The fraction of sp³-hybridized carbons (Fsp3) is 0.231. The standard InChI is InChI=1S/C13H14N4/c1-2-12-14-6-8-16(12)10-11-9-15-13-5-3-4-7-17(11)13/h3-9H,2,10H2,1H3. The van der Waals surface area contributed by atoms with Gasteiger partial charge in [0.1, 0.15) is 11.5 Å². The van der Waals surface area contributed by atoms with Gasteiger partial charge in [-0.1, -0.05) is 13.0 Å². The van der Waals surface area contributed by atoms with Crippen LogP contribution >= 0.6 is 0 Å². The molecule has 0 saturated carbocycles. The molecule has 0 aliphatic rings. The van der Waals surface area contributed by atoms with Crippen molar-refractivity contribution in [1.82, 2.24) is 18.9 Å². The maximum absolute atomic E-state index is 4.38. The van der Waals surface area contributed by atoms with Crippen molar-refractivity contribution >= 4 is 5.65 Å². The lowest BCUT2D eigenvalue weighted by atomic mass is 10.4. The summed E-state index contributed by atoms with van der Waals surface area (Å²) in [7, 11) is 0. The number of aryl methyl sites for hydroxylation is 1. The highest BCUT2D eigenvalue weighted by Gasteiger charge is 2.05. The molecular weight excluding hydrogens is 212 g/mol. The zero-order valence-electron chi connectivity index (χ0n) is 9.74. The van der Waals surface area contributed by atoms with Gasteiger partial charge < -0.3 is 8.97 Å². The molecular formula is C13H14N4. The van der Waals surface area contributed by atoms with Gasteiger partial charge in [-0.05, 0) is 12.1 Å². The number of hydrogen-bond donors (Lipinski definition) is 0. The summed E-state index contributed by atoms with van der Waals surface area (Å²) in [5, 5.41) is 0. The highest BCUT2D eigenvalue weighted by atomic mass is 15.1. The Kier molecular flexibility index (Phi) is 2.40. The first-order valence-corrected chi connectivity index (χ1v) is 5.79. The lowest BCUT2D eigenvalue weighted by Crippen LogP contribution is -2.05. The van der Waals surface area contributed by atoms with Crippen LogP contribution in [0.15, 0.2) is 43.0 Å². The number of hydrogen-bond acceptors (Lipinski definition) is 2. The van der Waals surface area contributed by atoms with E-state index in [1.165, 1.54) is 5.69 Å². The molecule has 86 valence electrons. The molecule has 4 nitrogen and oxygen atoms in total. The van der Waals surface area contributed by atoms with Crippen molar-refractivity contribution in [3.8, 4) is 0 Å². The third-order valence-corrected chi connectivity index (χ3v) is 2.94. The molecule has 0 unspecified atom stereocenters. The Balaban J connectivity index is 2.00. The monoisotopic (exact) mass is 226 g/mol. The van der Waals surface area contributed by atoms with Gasteiger partial charge in [0.25, 0.3) is 0 Å². The number of fused-ring (bicyclic) bond motifs is 1. The van der Waals surface area contributed by atoms with Gasteiger partial charge in [-0.2, -0.15) is 0 Å². The molecule has 3 rings (SSSR count). The highest BCUT2D eigenvalue weighted by Crippen LogP contribution is 2.09. The summed E-state index contributed by atoms with van der Waals surface area (Å²) in [6, 6.07) is 6.03. The van der Waals surface area contributed by atoms with E-state index in [2.05, 4.69) is 25.9 Å². The minimum absolute atomic E-state index is 0.814. The van der Waals surface area contributed by atoms with E-state index in [1.807, 2.05) is 43.0 Å². The molecule has 3 heterocycles. The molecule has 4 heteroatoms. The second kappa shape index (κ2) is 4.05. The van der Waals surface area contributed by atoms with E-state index in [1.54, 1.807) is 0 Å². The molecule has 3 aromatic heterocycles. The van der Waals surface area contributed by atoms with E-state index >= 15 is 0 Å². The van der Waals surface area contributed by atoms with Crippen molar-refractivity contribution in [3.05, 3.63) is 54.5 Å². The van der Waals surface area contributed by atoms with Crippen molar-refractivity contribution in [2.45, 2.75) is 19.9 Å². The van der Waals surface area contributed by atoms with E-state index in [0.29, 0.717) is 0 Å². The van der Waals surface area contributed by atoms with Gasteiger partial charge in [-0.15, -0.1) is 0 Å². The maximum atomic E-state index is 4.38. The second-order valence-electron chi connectivity index (χ2n) is 4.00. The molecule has 0 aliphatic heterocycles. The van der Waals surface area contributed by atoms with E-state index < -0.39 is 0 Å². The quantitative estimate of drug-likeness (QED) is 0.686. The summed E-state index contributed by atoms with van der Waals surface area (Å²) < 4.78 is 4.27. The third kappa shape index (κ3) is 1.71. The zero-order chi connectivity index (χ0) is 11.7. The normalized spacial score (nSPS) is 11.1. The SMILES string of the molecule is CCc1nccn1Cc1cnc2ccccn12. The molecule has 0 atom stereocenters. The number of pyridine rings is 1. The van der Waals surface area contributed by atoms with Gasteiger partial charge in [0.2, 0.25) is 0 Å². The maximum Gasteiger partial charge on any atom is 0.136 e. The van der Waals surface area contributed by atoms with Crippen LogP contribution in [0.5, 0.6) is 0 Å². The van der Waals surface area contributed by atoms with Crippen LogP contribution in [-0.4, -0.2) is 18.9 Å². The van der Waals surface area contributed by atoms with Crippen LogP contribution < -0.4 is 0 Å². The van der Waals surface area contributed by atoms with Crippen LogP contribution in [-0.2, 0) is 13.0 Å². The molecule has 0 amide bonds. The fourth-order valence-corrected chi connectivity index (χ4v) is 2.07. The first-order chi connectivity index (χ1) is 8.38. The van der Waals surface area contributed by atoms with E-state index in [9.17, 15) is 0 Å². The van der Waals surface area contributed by atoms with Crippen molar-refractivity contribution in [2.75, 3.05) is 0 Å². The van der Waals surface area contributed by atoms with Crippen molar-refractivity contribution in [2.24, 2.45) is 0 Å². The predicted octanol–water partition coefficient (Wildman–Crippen LogP) is 2.14. The van der Waals surface area contributed by atoms with Crippen LogP contribution in [0.1, 0.15) is 18.4 Å². The first kappa shape index (κ1) is 10.1. The fourth-order valence-electron chi connectivity index (χ4n) is 2.07. The van der Waals surface area contributed by atoms with E-state index in [4.69, 9.17) is 0 Å². The van der Waals surface area contributed by atoms with E-state index in [-0.39, 0.29) is 0 Å². The molecule has 0 radical (unpaired) electrons. The Morgan fingerprint density at radius 2 is 2.12 bits per heavy atom. The number of aromatic nitrogens is 4. The molecule has 0 fully saturated rings. The lowest BCUT2D eigenvalue weighted by molar-refractivity contribution is 0.711. The van der Waals surface area contributed by atoms with E-state index in [0.717, 1.165) is 24.4 Å². The van der Waals surface area contributed by atoms with Crippen LogP contribution in [0.4, 0.5) is 0 Å². The Hall–Kier alpha value is -2.10. The van der Waals surface area contributed by atoms with Gasteiger partial charge in [0.15, 0.2) is 0 Å². The van der Waals surface area contributed by atoms with Crippen LogP contribution in [0, 0.1) is 0 Å². The van der Waals surface area contributed by atoms with Crippen molar-refractivity contribution < 1.29 is 0 Å². The number of imidazole rings is 2. The average Bonchev–Trinajstić information content (AvgIpc) is 2.97. The summed E-state index contributed by atoms with van der Waals surface area (Å²) in [6.07, 6.45) is 8.78. The molecule has 0 aliphatic carbocycles. The summed E-state index contributed by atoms with van der Waals surface area (Å²) in [4.78, 5) is 8.71. The predicted molar refractivity (Wildman–Crippen MR) is 65.9 cm³/mol. The zero-order valence-corrected chi connectivity index (χ0v) is 9.74. The number of nitrogens with zero attached hydrogens (tertiary/aromatic N) is 4. The molecule has 0 aromatic carbocycles. The molecule has 17 heavy (non-hydrogen) atoms. The van der Waals surface area contributed by atoms with Crippen molar-refractivity contribution in [1.29, 1.82) is 0 Å². The Morgan fingerprint density at radius 3 is 3.00 bits per heavy atom. The smallest absolute Gasteiger partial charge is 0.136 e. The Bertz CT molecular complexity index is 635. The summed E-state index contributed by atoms with van der Waals surface area (Å²) in [5.74, 6) is 1.11. The third-order valence-electron chi connectivity index (χ3n) is 2.94. The summed E-state index contributed by atoms with van der Waals surface area (Å²) >= 11 is 0. The van der Waals surface area contributed by atoms with Gasteiger partial charge in [-0.25, -0.2) is 9.97 Å².